The predicted octanol–water partition coefficient (Wildman–Crippen LogP) is 1.31. The minimum Gasteiger partial charge on any atom is -0.384 e. The van der Waals surface area contributed by atoms with E-state index in [1.807, 2.05) is 24.3 Å². The second-order valence-corrected chi connectivity index (χ2v) is 3.64. The van der Waals surface area contributed by atoms with Crippen LogP contribution in [0.25, 0.3) is 17.3 Å². The Hall–Kier alpha value is -2.76. The van der Waals surface area contributed by atoms with Crippen LogP contribution in [0.2, 0.25) is 0 Å². The summed E-state index contributed by atoms with van der Waals surface area (Å²) in [6.07, 6.45) is 5.16. The standard InChI is InChI=1S/C12H10N6/c13-10-8-11(18-7-3-6-15-18)17-12(16-10)9-4-1-2-5-14-9/h1-8H,(H2,13,16,17). The quantitative estimate of drug-likeness (QED) is 0.727. The maximum absolute atomic E-state index is 5.78. The van der Waals surface area contributed by atoms with Gasteiger partial charge < -0.3 is 5.73 Å². The molecule has 3 rings (SSSR count). The summed E-state index contributed by atoms with van der Waals surface area (Å²) in [6, 6.07) is 9.03. The average molecular weight is 238 g/mol. The number of pyridine rings is 1. The fraction of sp³-hybridized carbons (Fsp3) is 0. The first-order chi connectivity index (χ1) is 8.83. The van der Waals surface area contributed by atoms with Crippen LogP contribution in [0.5, 0.6) is 0 Å². The molecule has 0 spiro atoms. The van der Waals surface area contributed by atoms with Crippen molar-refractivity contribution in [1.82, 2.24) is 24.7 Å². The second-order valence-electron chi connectivity index (χ2n) is 3.64. The van der Waals surface area contributed by atoms with Crippen LogP contribution in [0.3, 0.4) is 0 Å². The summed E-state index contributed by atoms with van der Waals surface area (Å²) in [4.78, 5) is 12.8. The van der Waals surface area contributed by atoms with Crippen molar-refractivity contribution in [3.63, 3.8) is 0 Å². The Labute approximate surface area is 103 Å². The number of hydrogen-bond acceptors (Lipinski definition) is 5. The van der Waals surface area contributed by atoms with E-state index in [0.29, 0.717) is 23.2 Å². The molecule has 0 fully saturated rings. The molecule has 0 aliphatic rings. The molecule has 6 nitrogen and oxygen atoms in total. The largest absolute Gasteiger partial charge is 0.384 e. The summed E-state index contributed by atoms with van der Waals surface area (Å²) in [7, 11) is 0. The van der Waals surface area contributed by atoms with Crippen LogP contribution in [0.1, 0.15) is 0 Å². The third-order valence-electron chi connectivity index (χ3n) is 2.37. The van der Waals surface area contributed by atoms with Crippen LogP contribution in [0, 0.1) is 0 Å². The number of nitrogen functional groups attached to an aromatic ring is 1. The molecule has 0 aromatic carbocycles. The lowest BCUT2D eigenvalue weighted by molar-refractivity contribution is 0.842. The lowest BCUT2D eigenvalue weighted by Crippen LogP contribution is -2.04. The van der Waals surface area contributed by atoms with Crippen LogP contribution in [0.15, 0.2) is 48.9 Å². The second kappa shape index (κ2) is 4.25. The van der Waals surface area contributed by atoms with Gasteiger partial charge >= 0.3 is 0 Å². The zero-order valence-corrected chi connectivity index (χ0v) is 9.43. The van der Waals surface area contributed by atoms with Gasteiger partial charge in [0.2, 0.25) is 0 Å². The molecule has 18 heavy (non-hydrogen) atoms. The summed E-state index contributed by atoms with van der Waals surface area (Å²) in [5.74, 6) is 1.49. The molecule has 0 unspecified atom stereocenters. The number of nitrogens with two attached hydrogens (primary N) is 1. The van der Waals surface area contributed by atoms with Gasteiger partial charge in [-0.05, 0) is 18.2 Å². The van der Waals surface area contributed by atoms with Gasteiger partial charge in [0.05, 0.1) is 0 Å². The molecular weight excluding hydrogens is 228 g/mol. The molecule has 0 bridgehead atoms. The van der Waals surface area contributed by atoms with Gasteiger partial charge in [-0.2, -0.15) is 5.10 Å². The minimum atomic E-state index is 0.385. The van der Waals surface area contributed by atoms with Gasteiger partial charge in [0.25, 0.3) is 0 Å². The Morgan fingerprint density at radius 3 is 2.72 bits per heavy atom. The van der Waals surface area contributed by atoms with Crippen LogP contribution < -0.4 is 5.73 Å². The molecule has 0 amide bonds. The van der Waals surface area contributed by atoms with Gasteiger partial charge in [0, 0.05) is 24.7 Å². The third-order valence-corrected chi connectivity index (χ3v) is 2.37. The summed E-state index contributed by atoms with van der Waals surface area (Å²) in [5, 5.41) is 4.11. The molecule has 3 heterocycles. The first-order valence-corrected chi connectivity index (χ1v) is 5.39. The zero-order valence-electron chi connectivity index (χ0n) is 9.43. The fourth-order valence-corrected chi connectivity index (χ4v) is 1.58. The van der Waals surface area contributed by atoms with Gasteiger partial charge in [-0.15, -0.1) is 0 Å². The van der Waals surface area contributed by atoms with Gasteiger partial charge in [-0.25, -0.2) is 14.6 Å². The summed E-state index contributed by atoms with van der Waals surface area (Å²) in [6.45, 7) is 0. The van der Waals surface area contributed by atoms with Gasteiger partial charge in [-0.3, -0.25) is 4.98 Å². The number of aromatic nitrogens is 5. The van der Waals surface area contributed by atoms with Crippen molar-refractivity contribution in [3.05, 3.63) is 48.9 Å². The monoisotopic (exact) mass is 238 g/mol. The summed E-state index contributed by atoms with van der Waals surface area (Å²) < 4.78 is 1.63. The number of rotatable bonds is 2. The molecule has 88 valence electrons. The molecule has 0 radical (unpaired) electrons. The van der Waals surface area contributed by atoms with Crippen LogP contribution >= 0.6 is 0 Å². The van der Waals surface area contributed by atoms with Crippen LogP contribution in [-0.2, 0) is 0 Å². The number of hydrogen-bond donors (Lipinski definition) is 1. The van der Waals surface area contributed by atoms with E-state index in [1.54, 1.807) is 29.3 Å². The van der Waals surface area contributed by atoms with Crippen molar-refractivity contribution in [2.75, 3.05) is 5.73 Å². The van der Waals surface area contributed by atoms with Gasteiger partial charge in [0.1, 0.15) is 11.5 Å². The maximum atomic E-state index is 5.78. The van der Waals surface area contributed by atoms with E-state index in [4.69, 9.17) is 5.73 Å². The molecule has 3 aromatic heterocycles. The molecular formula is C12H10N6. The SMILES string of the molecule is Nc1cc(-n2cccn2)nc(-c2ccccn2)n1. The van der Waals surface area contributed by atoms with E-state index in [-0.39, 0.29) is 0 Å². The molecule has 6 heteroatoms. The van der Waals surface area contributed by atoms with E-state index in [1.165, 1.54) is 0 Å². The van der Waals surface area contributed by atoms with Crippen molar-refractivity contribution >= 4 is 5.82 Å². The molecule has 0 aliphatic heterocycles. The van der Waals surface area contributed by atoms with Crippen molar-refractivity contribution in [3.8, 4) is 17.3 Å². The highest BCUT2D eigenvalue weighted by molar-refractivity contribution is 5.53. The molecule has 0 saturated carbocycles. The Morgan fingerprint density at radius 2 is 2.00 bits per heavy atom. The zero-order chi connectivity index (χ0) is 12.4. The van der Waals surface area contributed by atoms with E-state index < -0.39 is 0 Å². The molecule has 0 aliphatic carbocycles. The Kier molecular flexibility index (Phi) is 2.45. The Morgan fingerprint density at radius 1 is 1.06 bits per heavy atom. The molecule has 0 atom stereocenters. The van der Waals surface area contributed by atoms with Gasteiger partial charge in [0.15, 0.2) is 11.6 Å². The highest BCUT2D eigenvalue weighted by Crippen LogP contribution is 2.15. The van der Waals surface area contributed by atoms with Crippen molar-refractivity contribution in [2.24, 2.45) is 0 Å². The maximum Gasteiger partial charge on any atom is 0.182 e. The lowest BCUT2D eigenvalue weighted by Gasteiger charge is -2.05. The van der Waals surface area contributed by atoms with Crippen molar-refractivity contribution in [2.45, 2.75) is 0 Å². The number of nitrogens with zero attached hydrogens (tertiary/aromatic N) is 5. The van der Waals surface area contributed by atoms with Gasteiger partial charge in [-0.1, -0.05) is 6.07 Å². The first-order valence-electron chi connectivity index (χ1n) is 5.39. The highest BCUT2D eigenvalue weighted by atomic mass is 15.3. The third kappa shape index (κ3) is 1.91. The predicted molar refractivity (Wildman–Crippen MR) is 66.8 cm³/mol. The average Bonchev–Trinajstić information content (AvgIpc) is 2.93. The fourth-order valence-electron chi connectivity index (χ4n) is 1.58. The number of anilines is 1. The summed E-state index contributed by atoms with van der Waals surface area (Å²) >= 11 is 0. The van der Waals surface area contributed by atoms with E-state index in [2.05, 4.69) is 20.1 Å². The molecule has 2 N–H and O–H groups in total. The van der Waals surface area contributed by atoms with E-state index in [9.17, 15) is 0 Å². The summed E-state index contributed by atoms with van der Waals surface area (Å²) in [5.41, 5.74) is 6.46. The first kappa shape index (κ1) is 10.4. The molecule has 3 aromatic rings. The van der Waals surface area contributed by atoms with Crippen LogP contribution in [0.4, 0.5) is 5.82 Å². The highest BCUT2D eigenvalue weighted by Gasteiger charge is 2.07. The van der Waals surface area contributed by atoms with Crippen LogP contribution in [-0.4, -0.2) is 24.7 Å². The molecule has 0 saturated heterocycles. The smallest absolute Gasteiger partial charge is 0.182 e. The van der Waals surface area contributed by atoms with E-state index >= 15 is 0 Å². The van der Waals surface area contributed by atoms with E-state index in [0.717, 1.165) is 0 Å². The van der Waals surface area contributed by atoms with Crippen molar-refractivity contribution < 1.29 is 0 Å². The lowest BCUT2D eigenvalue weighted by atomic mass is 10.3. The topological polar surface area (TPSA) is 82.5 Å². The minimum absolute atomic E-state index is 0.385. The Balaban J connectivity index is 2.12. The Bertz CT molecular complexity index is 648. The normalized spacial score (nSPS) is 10.4. The van der Waals surface area contributed by atoms with Crippen molar-refractivity contribution in [1.29, 1.82) is 0 Å².